The lowest BCUT2D eigenvalue weighted by Gasteiger charge is -2.30. The van der Waals surface area contributed by atoms with Gasteiger partial charge in [0.05, 0.1) is 0 Å². The van der Waals surface area contributed by atoms with Crippen molar-refractivity contribution >= 4 is 6.09 Å². The molecule has 1 rings (SSSR count). The molecule has 1 amide bonds. The van der Waals surface area contributed by atoms with E-state index in [9.17, 15) is 4.79 Å². The Morgan fingerprint density at radius 1 is 1.41 bits per heavy atom. The van der Waals surface area contributed by atoms with Gasteiger partial charge in [0.25, 0.3) is 0 Å². The van der Waals surface area contributed by atoms with Crippen LogP contribution in [0.2, 0.25) is 0 Å². The number of rotatable bonds is 3. The molecule has 17 heavy (non-hydrogen) atoms. The van der Waals surface area contributed by atoms with Crippen molar-refractivity contribution in [3.63, 3.8) is 0 Å². The number of hydrazine groups is 1. The van der Waals surface area contributed by atoms with Crippen molar-refractivity contribution in [3.05, 3.63) is 0 Å². The number of ether oxygens (including phenoxy) is 1. The minimum atomic E-state index is -0.460. The van der Waals surface area contributed by atoms with E-state index < -0.39 is 11.7 Å². The van der Waals surface area contributed by atoms with Gasteiger partial charge in [0.1, 0.15) is 5.60 Å². The molecule has 5 heteroatoms. The highest BCUT2D eigenvalue weighted by Crippen LogP contribution is 2.10. The number of carbonyl (C=O) groups excluding carboxylic acids is 1. The predicted octanol–water partition coefficient (Wildman–Crippen LogP) is 1.55. The standard InChI is InChI=1S/C12H25N3O2/c1-9(10-7-5-6-8-13-10)14-15-11(16)17-12(2,3)4/h9-10,13-14H,5-8H2,1-4H3,(H,15,16). The van der Waals surface area contributed by atoms with Gasteiger partial charge in [-0.3, -0.25) is 5.43 Å². The van der Waals surface area contributed by atoms with Gasteiger partial charge in [-0.15, -0.1) is 0 Å². The first-order chi connectivity index (χ1) is 7.88. The lowest BCUT2D eigenvalue weighted by molar-refractivity contribution is 0.0483. The highest BCUT2D eigenvalue weighted by atomic mass is 16.6. The lowest BCUT2D eigenvalue weighted by atomic mass is 10.00. The van der Waals surface area contributed by atoms with Crippen LogP contribution in [0.25, 0.3) is 0 Å². The van der Waals surface area contributed by atoms with E-state index in [1.807, 2.05) is 20.8 Å². The molecule has 0 radical (unpaired) electrons. The first-order valence-electron chi connectivity index (χ1n) is 6.36. The molecule has 2 unspecified atom stereocenters. The summed E-state index contributed by atoms with van der Waals surface area (Å²) in [5.74, 6) is 0. The van der Waals surface area contributed by atoms with Crippen molar-refractivity contribution in [2.24, 2.45) is 0 Å². The number of hydrogen-bond acceptors (Lipinski definition) is 4. The van der Waals surface area contributed by atoms with Gasteiger partial charge >= 0.3 is 6.09 Å². The third-order valence-electron chi connectivity index (χ3n) is 2.75. The van der Waals surface area contributed by atoms with E-state index in [4.69, 9.17) is 4.74 Å². The van der Waals surface area contributed by atoms with Crippen molar-refractivity contribution < 1.29 is 9.53 Å². The molecule has 100 valence electrons. The Bertz CT molecular complexity index is 245. The predicted molar refractivity (Wildman–Crippen MR) is 67.6 cm³/mol. The maximum Gasteiger partial charge on any atom is 0.422 e. The largest absolute Gasteiger partial charge is 0.443 e. The summed E-state index contributed by atoms with van der Waals surface area (Å²) in [4.78, 5) is 11.4. The van der Waals surface area contributed by atoms with E-state index in [1.165, 1.54) is 12.8 Å². The molecule has 1 heterocycles. The molecule has 0 aromatic carbocycles. The van der Waals surface area contributed by atoms with Crippen molar-refractivity contribution in [2.75, 3.05) is 6.54 Å². The molecule has 2 atom stereocenters. The van der Waals surface area contributed by atoms with Gasteiger partial charge < -0.3 is 10.1 Å². The second-order valence-electron chi connectivity index (χ2n) is 5.62. The zero-order valence-corrected chi connectivity index (χ0v) is 11.3. The Balaban J connectivity index is 2.22. The molecule has 0 aromatic heterocycles. The average molecular weight is 243 g/mol. The van der Waals surface area contributed by atoms with Gasteiger partial charge in [-0.2, -0.15) is 0 Å². The molecule has 0 aliphatic carbocycles. The molecule has 1 aliphatic rings. The van der Waals surface area contributed by atoms with E-state index >= 15 is 0 Å². The van der Waals surface area contributed by atoms with Crippen LogP contribution < -0.4 is 16.2 Å². The maximum absolute atomic E-state index is 11.4. The molecule has 0 bridgehead atoms. The Labute approximate surface area is 104 Å². The summed E-state index contributed by atoms with van der Waals surface area (Å²) in [6.45, 7) is 8.65. The van der Waals surface area contributed by atoms with Gasteiger partial charge in [0.15, 0.2) is 0 Å². The molecule has 0 spiro atoms. The monoisotopic (exact) mass is 243 g/mol. The third-order valence-corrected chi connectivity index (χ3v) is 2.75. The fraction of sp³-hybridized carbons (Fsp3) is 0.917. The van der Waals surface area contributed by atoms with Gasteiger partial charge in [-0.25, -0.2) is 10.2 Å². The molecular formula is C12H25N3O2. The summed E-state index contributed by atoms with van der Waals surface area (Å²) < 4.78 is 5.14. The first kappa shape index (κ1) is 14.3. The SMILES string of the molecule is CC(NNC(=O)OC(C)(C)C)C1CCCCN1. The molecule has 0 aromatic rings. The van der Waals surface area contributed by atoms with Gasteiger partial charge in [0.2, 0.25) is 0 Å². The van der Waals surface area contributed by atoms with Crippen LogP contribution in [0.5, 0.6) is 0 Å². The van der Waals surface area contributed by atoms with Crippen molar-refractivity contribution in [1.29, 1.82) is 0 Å². The van der Waals surface area contributed by atoms with Crippen LogP contribution in [0.15, 0.2) is 0 Å². The van der Waals surface area contributed by atoms with E-state index in [0.29, 0.717) is 6.04 Å². The van der Waals surface area contributed by atoms with Crippen LogP contribution in [0.1, 0.15) is 47.0 Å². The lowest BCUT2D eigenvalue weighted by Crippen LogP contribution is -2.54. The molecule has 1 aliphatic heterocycles. The molecule has 0 saturated carbocycles. The van der Waals surface area contributed by atoms with Crippen LogP contribution in [0, 0.1) is 0 Å². The van der Waals surface area contributed by atoms with Crippen LogP contribution in [0.3, 0.4) is 0 Å². The van der Waals surface area contributed by atoms with Crippen LogP contribution in [0.4, 0.5) is 4.79 Å². The number of carbonyl (C=O) groups is 1. The second-order valence-corrected chi connectivity index (χ2v) is 5.62. The van der Waals surface area contributed by atoms with Crippen molar-refractivity contribution in [1.82, 2.24) is 16.2 Å². The Morgan fingerprint density at radius 3 is 2.65 bits per heavy atom. The van der Waals surface area contributed by atoms with E-state index in [2.05, 4.69) is 23.1 Å². The Hall–Kier alpha value is -0.810. The number of piperidine rings is 1. The second kappa shape index (κ2) is 6.21. The smallest absolute Gasteiger partial charge is 0.422 e. The summed E-state index contributed by atoms with van der Waals surface area (Å²) in [6, 6.07) is 0.613. The van der Waals surface area contributed by atoms with Gasteiger partial charge in [-0.05, 0) is 47.1 Å². The zero-order valence-electron chi connectivity index (χ0n) is 11.3. The number of nitrogens with one attached hydrogen (secondary N) is 3. The summed E-state index contributed by atoms with van der Waals surface area (Å²) in [5, 5.41) is 3.44. The average Bonchev–Trinajstić information content (AvgIpc) is 2.25. The Kier molecular flexibility index (Phi) is 5.21. The van der Waals surface area contributed by atoms with Crippen molar-refractivity contribution in [3.8, 4) is 0 Å². The fourth-order valence-electron chi connectivity index (χ4n) is 1.88. The molecular weight excluding hydrogens is 218 g/mol. The topological polar surface area (TPSA) is 62.4 Å². The quantitative estimate of drug-likeness (QED) is 0.658. The highest BCUT2D eigenvalue weighted by Gasteiger charge is 2.21. The number of hydrogen-bond donors (Lipinski definition) is 3. The van der Waals surface area contributed by atoms with E-state index in [1.54, 1.807) is 0 Å². The summed E-state index contributed by atoms with van der Waals surface area (Å²) in [5.41, 5.74) is 5.11. The Morgan fingerprint density at radius 2 is 2.12 bits per heavy atom. The molecule has 3 N–H and O–H groups in total. The van der Waals surface area contributed by atoms with Crippen LogP contribution >= 0.6 is 0 Å². The molecule has 1 saturated heterocycles. The van der Waals surface area contributed by atoms with Gasteiger partial charge in [-0.1, -0.05) is 6.42 Å². The third kappa shape index (κ3) is 5.89. The minimum Gasteiger partial charge on any atom is -0.443 e. The normalized spacial score (nSPS) is 22.9. The van der Waals surface area contributed by atoms with Crippen molar-refractivity contribution in [2.45, 2.75) is 64.6 Å². The summed E-state index contributed by atoms with van der Waals surface area (Å²) >= 11 is 0. The highest BCUT2D eigenvalue weighted by molar-refractivity contribution is 5.67. The first-order valence-corrected chi connectivity index (χ1v) is 6.36. The summed E-state index contributed by atoms with van der Waals surface area (Å²) in [6.07, 6.45) is 3.20. The minimum absolute atomic E-state index is 0.197. The molecule has 1 fully saturated rings. The van der Waals surface area contributed by atoms with E-state index in [-0.39, 0.29) is 6.04 Å². The number of amides is 1. The van der Waals surface area contributed by atoms with E-state index in [0.717, 1.165) is 13.0 Å². The van der Waals surface area contributed by atoms with Gasteiger partial charge in [0, 0.05) is 12.1 Å². The summed E-state index contributed by atoms with van der Waals surface area (Å²) in [7, 11) is 0. The molecule has 5 nitrogen and oxygen atoms in total. The fourth-order valence-corrected chi connectivity index (χ4v) is 1.88. The maximum atomic E-state index is 11.4. The zero-order chi connectivity index (χ0) is 12.9. The van der Waals surface area contributed by atoms with Crippen LogP contribution in [-0.2, 0) is 4.74 Å². The van der Waals surface area contributed by atoms with Crippen LogP contribution in [-0.4, -0.2) is 30.3 Å².